The third-order valence-corrected chi connectivity index (χ3v) is 10.9. The molecule has 0 aliphatic heterocycles. The fraction of sp³-hybridized carbons (Fsp3) is 0.0656. The summed E-state index contributed by atoms with van der Waals surface area (Å²) in [6, 6.07) is 65.3. The van der Waals surface area contributed by atoms with Crippen LogP contribution in [0.4, 0.5) is 4.39 Å². The molecule has 0 amide bonds. The molecule has 0 saturated heterocycles. The third-order valence-electron chi connectivity index (χ3n) is 10.9. The first-order valence-electron chi connectivity index (χ1n) is 25.1. The zero-order valence-corrected chi connectivity index (χ0v) is 37.7. The Morgan fingerprint density at radius 1 is 0.364 bits per heavy atom. The van der Waals surface area contributed by atoms with Crippen molar-refractivity contribution in [1.82, 2.24) is 15.0 Å². The van der Waals surface area contributed by atoms with Crippen molar-refractivity contribution in [2.24, 2.45) is 0 Å². The van der Waals surface area contributed by atoms with Crippen LogP contribution in [0, 0.1) is 24.0 Å². The van der Waals surface area contributed by atoms with Crippen LogP contribution in [0.2, 0.25) is 0 Å². The van der Waals surface area contributed by atoms with Gasteiger partial charge in [-0.2, -0.15) is 0 Å². The van der Waals surface area contributed by atoms with Crippen LogP contribution in [0.1, 0.15) is 33.2 Å². The topological polar surface area (TPSA) is 38.7 Å². The Balaban J connectivity index is 0.00000672. The Bertz CT molecular complexity index is 3430. The van der Waals surface area contributed by atoms with Gasteiger partial charge in [-0.05, 0) is 116 Å². The van der Waals surface area contributed by atoms with Gasteiger partial charge >= 0.3 is 20.1 Å². The van der Waals surface area contributed by atoms with Crippen LogP contribution in [0.25, 0.3) is 78.3 Å². The number of nitrogens with zero attached hydrogens (tertiary/aromatic N) is 3. The molecular formula is C61H43FIrN3. The predicted octanol–water partition coefficient (Wildman–Crippen LogP) is 14.6. The van der Waals surface area contributed by atoms with E-state index in [0.717, 1.165) is 33.9 Å². The van der Waals surface area contributed by atoms with Crippen LogP contribution in [-0.4, -0.2) is 15.0 Å². The zero-order valence-electron chi connectivity index (χ0n) is 43.3. The van der Waals surface area contributed by atoms with E-state index in [-0.39, 0.29) is 53.5 Å². The minimum Gasteiger partial charge on any atom is -0.304 e. The maximum atomic E-state index is 16.0. The predicted molar refractivity (Wildman–Crippen MR) is 262 cm³/mol. The summed E-state index contributed by atoms with van der Waals surface area (Å²) in [5, 5.41) is 0. The van der Waals surface area contributed by atoms with Crippen molar-refractivity contribution >= 4 is 0 Å². The van der Waals surface area contributed by atoms with Gasteiger partial charge in [-0.1, -0.05) is 109 Å². The molecule has 10 rings (SSSR count). The third kappa shape index (κ3) is 10.2. The summed E-state index contributed by atoms with van der Waals surface area (Å²) in [6.07, 6.45) is -7.23. The van der Waals surface area contributed by atoms with Crippen molar-refractivity contribution in [3.05, 3.63) is 259 Å². The van der Waals surface area contributed by atoms with Crippen LogP contribution in [-0.2, 0) is 45.6 Å². The minimum atomic E-state index is -2.92. The van der Waals surface area contributed by atoms with Crippen LogP contribution in [0.5, 0.6) is 0 Å². The monoisotopic (exact) mass is 1040 g/mol. The molecule has 3 nitrogen and oxygen atoms in total. The van der Waals surface area contributed by atoms with Gasteiger partial charge in [0.05, 0.1) is 0 Å². The Hall–Kier alpha value is -7.43. The van der Waals surface area contributed by atoms with Crippen molar-refractivity contribution in [2.45, 2.75) is 25.5 Å². The average molecular weight is 1040 g/mol. The largest absolute Gasteiger partial charge is 3.00 e. The van der Waals surface area contributed by atoms with E-state index in [0.29, 0.717) is 39.3 Å². The van der Waals surface area contributed by atoms with Crippen molar-refractivity contribution in [2.75, 3.05) is 0 Å². The molecule has 0 saturated carbocycles. The number of hydrogen-bond donors (Lipinski definition) is 0. The molecular weight excluding hydrogens is 986 g/mol. The van der Waals surface area contributed by atoms with Crippen molar-refractivity contribution in [1.29, 1.82) is 0 Å². The molecule has 66 heavy (non-hydrogen) atoms. The fourth-order valence-electron chi connectivity index (χ4n) is 7.65. The number of halogens is 1. The van der Waals surface area contributed by atoms with E-state index in [2.05, 4.69) is 28.2 Å². The molecule has 0 bridgehead atoms. The molecule has 0 atom stereocenters. The van der Waals surface area contributed by atoms with Crippen LogP contribution < -0.4 is 0 Å². The summed E-state index contributed by atoms with van der Waals surface area (Å²) < 4.78 is 92.2. The Labute approximate surface area is 411 Å². The Morgan fingerprint density at radius 3 is 1.38 bits per heavy atom. The molecule has 0 fully saturated rings. The molecule has 0 spiro atoms. The van der Waals surface area contributed by atoms with Gasteiger partial charge in [0.1, 0.15) is 5.82 Å². The quantitative estimate of drug-likeness (QED) is 0.108. The molecule has 0 radical (unpaired) electrons. The first kappa shape index (κ1) is 34.9. The fourth-order valence-corrected chi connectivity index (χ4v) is 7.65. The summed E-state index contributed by atoms with van der Waals surface area (Å²) in [5.41, 5.74) is 7.73. The van der Waals surface area contributed by atoms with Gasteiger partial charge in [-0.15, -0.1) is 108 Å². The van der Waals surface area contributed by atoms with E-state index < -0.39 is 31.3 Å². The molecule has 5 heteroatoms. The summed E-state index contributed by atoms with van der Waals surface area (Å²) in [7, 11) is 0. The van der Waals surface area contributed by atoms with Gasteiger partial charge < -0.3 is 15.0 Å². The second-order valence-electron chi connectivity index (χ2n) is 15.2. The SMILES string of the molecule is [2H]C([2H])(c1ccc(-c2[c-]cccc2)nc1)C([2H])([2H])c1cc(-c2cc(F)ccc2-c2cnc(-c3[c-]cccc3)cc2-c2ccc(-c3ccccc3)cc2)cc(C([2H])([2H])C([2H])([2H])c2ccc(-c3[c-]cccc3)nc2)c1.[Ir+3]. The van der Waals surface area contributed by atoms with Crippen molar-refractivity contribution < 1.29 is 35.5 Å². The molecule has 3 heterocycles. The van der Waals surface area contributed by atoms with E-state index in [1.54, 1.807) is 54.7 Å². The molecule has 0 N–H and O–H groups in total. The number of benzene rings is 7. The number of aromatic nitrogens is 3. The Kier molecular flexibility index (Phi) is 10.9. The van der Waals surface area contributed by atoms with E-state index in [4.69, 9.17) is 4.98 Å². The van der Waals surface area contributed by atoms with Gasteiger partial charge in [0.15, 0.2) is 0 Å². The van der Waals surface area contributed by atoms with Gasteiger partial charge in [-0.25, -0.2) is 4.39 Å². The van der Waals surface area contributed by atoms with Crippen LogP contribution in [0.15, 0.2) is 213 Å². The summed E-state index contributed by atoms with van der Waals surface area (Å²) in [4.78, 5) is 13.8. The standard InChI is InChI=1S/C61H43FN3.Ir/c62-54-31-32-55(58-42-65-61(52-19-11-4-12-20-52)39-57(58)49-29-27-48(28-30-49)47-13-5-1-6-14-47)56(38-54)53-36-45(23-21-43-25-33-59(63-40-43)50-15-7-2-8-16-50)35-46(37-53)24-22-44-26-34-60(64-41-44)51-17-9-3-10-18-51;/h1-15,17,19,25-42H,21-24H2;/q-3;+3/i21D2,22D2,23D2,24D2;. The van der Waals surface area contributed by atoms with Crippen molar-refractivity contribution in [3.8, 4) is 78.3 Å². The Morgan fingerprint density at radius 2 is 0.848 bits per heavy atom. The van der Waals surface area contributed by atoms with Crippen molar-refractivity contribution in [3.63, 3.8) is 0 Å². The van der Waals surface area contributed by atoms with Gasteiger partial charge in [0.2, 0.25) is 0 Å². The molecule has 0 aliphatic carbocycles. The van der Waals surface area contributed by atoms with E-state index >= 15 is 4.39 Å². The number of pyridine rings is 3. The summed E-state index contributed by atoms with van der Waals surface area (Å²) >= 11 is 0. The maximum absolute atomic E-state index is 16.0. The zero-order chi connectivity index (χ0) is 51.0. The molecule has 3 aromatic heterocycles. The second kappa shape index (κ2) is 20.6. The van der Waals surface area contributed by atoms with Crippen LogP contribution >= 0.6 is 0 Å². The first-order valence-corrected chi connectivity index (χ1v) is 21.1. The molecule has 10 aromatic rings. The minimum absolute atomic E-state index is 0. The number of hydrogen-bond acceptors (Lipinski definition) is 3. The smallest absolute Gasteiger partial charge is 0.304 e. The van der Waals surface area contributed by atoms with E-state index in [1.807, 2.05) is 103 Å². The van der Waals surface area contributed by atoms with E-state index in [1.165, 1.54) is 48.8 Å². The molecule has 0 unspecified atom stereocenters. The molecule has 0 aliphatic rings. The first-order chi connectivity index (χ1) is 35.1. The normalized spacial score (nSPS) is 13.6. The van der Waals surface area contributed by atoms with Gasteiger partial charge in [-0.3, -0.25) is 0 Å². The average Bonchev–Trinajstić information content (AvgIpc) is 3.43. The molecule has 318 valence electrons. The summed E-state index contributed by atoms with van der Waals surface area (Å²) in [5.74, 6) is -0.650. The number of rotatable bonds is 13. The molecule has 7 aromatic carbocycles. The maximum Gasteiger partial charge on any atom is 3.00 e. The summed E-state index contributed by atoms with van der Waals surface area (Å²) in [6.45, 7) is 0. The van der Waals surface area contributed by atoms with Gasteiger partial charge in [0, 0.05) is 35.1 Å². The van der Waals surface area contributed by atoms with E-state index in [9.17, 15) is 11.0 Å². The second-order valence-corrected chi connectivity index (χ2v) is 15.2. The number of aryl methyl sites for hydroxylation is 4. The van der Waals surface area contributed by atoms with Crippen LogP contribution in [0.3, 0.4) is 0 Å². The van der Waals surface area contributed by atoms with Gasteiger partial charge in [0.25, 0.3) is 0 Å².